The Hall–Kier alpha value is -1.12. The quantitative estimate of drug-likeness (QED) is 0.467. The van der Waals surface area contributed by atoms with Gasteiger partial charge in [-0.05, 0) is 12.3 Å². The van der Waals surface area contributed by atoms with Gasteiger partial charge >= 0.3 is 5.97 Å². The lowest BCUT2D eigenvalue weighted by atomic mass is 9.80. The molecule has 0 radical (unpaired) electrons. The van der Waals surface area contributed by atoms with Crippen molar-refractivity contribution in [3.05, 3.63) is 12.7 Å². The minimum atomic E-state index is -0.344. The normalized spacial score (nSPS) is 11.4. The molecule has 0 N–H and O–H groups in total. The zero-order chi connectivity index (χ0) is 14.2. The first-order chi connectivity index (χ1) is 8.29. The largest absolute Gasteiger partial charge is 0.461 e. The van der Waals surface area contributed by atoms with Crippen LogP contribution in [0.1, 0.15) is 53.4 Å². The minimum absolute atomic E-state index is 0.138. The van der Waals surface area contributed by atoms with Crippen LogP contribution in [0.15, 0.2) is 12.7 Å². The fourth-order valence-electron chi connectivity index (χ4n) is 1.57. The topological polar surface area (TPSA) is 43.4 Å². The molecule has 104 valence electrons. The van der Waals surface area contributed by atoms with Crippen LogP contribution in [-0.2, 0) is 14.3 Å². The molecular formula is C15H26O3. The van der Waals surface area contributed by atoms with Crippen molar-refractivity contribution >= 4 is 11.8 Å². The second kappa shape index (κ2) is 8.06. The van der Waals surface area contributed by atoms with Crippen molar-refractivity contribution in [2.24, 2.45) is 11.3 Å². The van der Waals surface area contributed by atoms with E-state index in [1.807, 2.05) is 13.8 Å². The standard InChI is InChI=1S/C15H26O3/c1-6-11-18-14(17)8-7-13(16)15(4,5)10-9-12(2)3/h6,12H,1,7-11H2,2-5H3. The maximum Gasteiger partial charge on any atom is 0.306 e. The third-order valence-electron chi connectivity index (χ3n) is 3.02. The molecular weight excluding hydrogens is 228 g/mol. The molecule has 0 atom stereocenters. The van der Waals surface area contributed by atoms with Gasteiger partial charge in [0, 0.05) is 11.8 Å². The third-order valence-corrected chi connectivity index (χ3v) is 3.02. The van der Waals surface area contributed by atoms with Gasteiger partial charge in [-0.1, -0.05) is 46.8 Å². The summed E-state index contributed by atoms with van der Waals surface area (Å²) in [6.07, 6.45) is 3.84. The Balaban J connectivity index is 4.06. The van der Waals surface area contributed by atoms with E-state index >= 15 is 0 Å². The van der Waals surface area contributed by atoms with Gasteiger partial charge in [-0.25, -0.2) is 0 Å². The number of ketones is 1. The Morgan fingerprint density at radius 2 is 1.89 bits per heavy atom. The van der Waals surface area contributed by atoms with Crippen LogP contribution in [0.3, 0.4) is 0 Å². The molecule has 0 aliphatic carbocycles. The Morgan fingerprint density at radius 3 is 2.39 bits per heavy atom. The van der Waals surface area contributed by atoms with E-state index in [9.17, 15) is 9.59 Å². The molecule has 0 aliphatic rings. The molecule has 3 heteroatoms. The monoisotopic (exact) mass is 254 g/mol. The first kappa shape index (κ1) is 16.9. The number of ether oxygens (including phenoxy) is 1. The summed E-state index contributed by atoms with van der Waals surface area (Å²) < 4.78 is 4.84. The van der Waals surface area contributed by atoms with Crippen LogP contribution in [0.4, 0.5) is 0 Å². The van der Waals surface area contributed by atoms with Gasteiger partial charge in [-0.3, -0.25) is 9.59 Å². The van der Waals surface area contributed by atoms with Gasteiger partial charge in [-0.2, -0.15) is 0 Å². The summed E-state index contributed by atoms with van der Waals surface area (Å²) in [6, 6.07) is 0. The molecule has 0 unspecified atom stereocenters. The summed E-state index contributed by atoms with van der Waals surface area (Å²) in [7, 11) is 0. The second-order valence-electron chi connectivity index (χ2n) is 5.71. The number of rotatable bonds is 9. The van der Waals surface area contributed by atoms with E-state index in [-0.39, 0.29) is 36.6 Å². The van der Waals surface area contributed by atoms with Crippen molar-refractivity contribution in [1.82, 2.24) is 0 Å². The fraction of sp³-hybridized carbons (Fsp3) is 0.733. The first-order valence-electron chi connectivity index (χ1n) is 6.59. The van der Waals surface area contributed by atoms with E-state index in [4.69, 9.17) is 4.74 Å². The van der Waals surface area contributed by atoms with Crippen LogP contribution in [0.5, 0.6) is 0 Å². The second-order valence-corrected chi connectivity index (χ2v) is 5.71. The van der Waals surface area contributed by atoms with Crippen molar-refractivity contribution in [2.45, 2.75) is 53.4 Å². The molecule has 0 aromatic rings. The number of Topliss-reactive ketones (excluding diaryl/α,β-unsaturated/α-hetero) is 1. The predicted molar refractivity (Wildman–Crippen MR) is 73.3 cm³/mol. The molecule has 0 aliphatic heterocycles. The van der Waals surface area contributed by atoms with E-state index in [1.165, 1.54) is 6.08 Å². The van der Waals surface area contributed by atoms with Gasteiger partial charge in [-0.15, -0.1) is 0 Å². The smallest absolute Gasteiger partial charge is 0.306 e. The van der Waals surface area contributed by atoms with Crippen molar-refractivity contribution in [1.29, 1.82) is 0 Å². The molecule has 0 aromatic carbocycles. The highest BCUT2D eigenvalue weighted by molar-refractivity contribution is 5.87. The zero-order valence-corrected chi connectivity index (χ0v) is 12.1. The summed E-state index contributed by atoms with van der Waals surface area (Å²) in [5.41, 5.74) is -0.344. The van der Waals surface area contributed by atoms with Crippen LogP contribution < -0.4 is 0 Å². The van der Waals surface area contributed by atoms with E-state index in [1.54, 1.807) is 0 Å². The molecule has 0 bridgehead atoms. The first-order valence-corrected chi connectivity index (χ1v) is 6.59. The van der Waals surface area contributed by atoms with Gasteiger partial charge in [0.2, 0.25) is 0 Å². The number of hydrogen-bond donors (Lipinski definition) is 0. The predicted octanol–water partition coefficient (Wildman–Crippen LogP) is 3.53. The maximum atomic E-state index is 12.0. The lowest BCUT2D eigenvalue weighted by Gasteiger charge is -2.23. The minimum Gasteiger partial charge on any atom is -0.461 e. The van der Waals surface area contributed by atoms with Gasteiger partial charge in [0.15, 0.2) is 0 Å². The van der Waals surface area contributed by atoms with Gasteiger partial charge < -0.3 is 4.74 Å². The molecule has 0 spiro atoms. The van der Waals surface area contributed by atoms with Gasteiger partial charge in [0.1, 0.15) is 12.4 Å². The molecule has 0 saturated carbocycles. The molecule has 0 rings (SSSR count). The Labute approximate surface area is 111 Å². The molecule has 0 fully saturated rings. The van der Waals surface area contributed by atoms with E-state index in [0.29, 0.717) is 5.92 Å². The number of carbonyl (C=O) groups is 2. The SMILES string of the molecule is C=CCOC(=O)CCC(=O)C(C)(C)CCC(C)C. The molecule has 0 aromatic heterocycles. The highest BCUT2D eigenvalue weighted by atomic mass is 16.5. The van der Waals surface area contributed by atoms with E-state index < -0.39 is 0 Å². The number of carbonyl (C=O) groups excluding carboxylic acids is 2. The summed E-state index contributed by atoms with van der Waals surface area (Å²) >= 11 is 0. The van der Waals surface area contributed by atoms with Gasteiger partial charge in [0.25, 0.3) is 0 Å². The number of hydrogen-bond acceptors (Lipinski definition) is 3. The van der Waals surface area contributed by atoms with E-state index in [0.717, 1.165) is 12.8 Å². The van der Waals surface area contributed by atoms with Crippen LogP contribution in [0.25, 0.3) is 0 Å². The van der Waals surface area contributed by atoms with Gasteiger partial charge in [0.05, 0.1) is 6.42 Å². The van der Waals surface area contributed by atoms with Crippen molar-refractivity contribution in [3.8, 4) is 0 Å². The molecule has 0 amide bonds. The zero-order valence-electron chi connectivity index (χ0n) is 12.1. The molecule has 18 heavy (non-hydrogen) atoms. The van der Waals surface area contributed by atoms with Crippen LogP contribution in [0.2, 0.25) is 0 Å². The van der Waals surface area contributed by atoms with Crippen LogP contribution in [-0.4, -0.2) is 18.4 Å². The highest BCUT2D eigenvalue weighted by Gasteiger charge is 2.27. The third kappa shape index (κ3) is 7.25. The summed E-state index contributed by atoms with van der Waals surface area (Å²) in [6.45, 7) is 11.9. The Kier molecular flexibility index (Phi) is 7.56. The van der Waals surface area contributed by atoms with Crippen molar-refractivity contribution < 1.29 is 14.3 Å². The van der Waals surface area contributed by atoms with Crippen molar-refractivity contribution in [2.75, 3.05) is 6.61 Å². The van der Waals surface area contributed by atoms with Crippen LogP contribution >= 0.6 is 0 Å². The number of esters is 1. The average Bonchev–Trinajstić information content (AvgIpc) is 2.30. The lowest BCUT2D eigenvalue weighted by molar-refractivity contribution is -0.144. The highest BCUT2D eigenvalue weighted by Crippen LogP contribution is 2.27. The summed E-state index contributed by atoms with van der Waals surface area (Å²) in [5, 5.41) is 0. The average molecular weight is 254 g/mol. The Morgan fingerprint density at radius 1 is 1.28 bits per heavy atom. The van der Waals surface area contributed by atoms with Crippen molar-refractivity contribution in [3.63, 3.8) is 0 Å². The lowest BCUT2D eigenvalue weighted by Crippen LogP contribution is -2.25. The van der Waals surface area contributed by atoms with Crippen LogP contribution in [0, 0.1) is 11.3 Å². The summed E-state index contributed by atoms with van der Waals surface area (Å²) in [4.78, 5) is 23.3. The molecule has 0 saturated heterocycles. The molecule has 3 nitrogen and oxygen atoms in total. The summed E-state index contributed by atoms with van der Waals surface area (Å²) in [5.74, 6) is 0.399. The maximum absolute atomic E-state index is 12.0. The van der Waals surface area contributed by atoms with E-state index in [2.05, 4.69) is 20.4 Å². The molecule has 0 heterocycles. The fourth-order valence-corrected chi connectivity index (χ4v) is 1.57. The Bertz CT molecular complexity index is 290.